The summed E-state index contributed by atoms with van der Waals surface area (Å²) in [5.41, 5.74) is 0.0128. The molecule has 0 saturated heterocycles. The molecule has 0 saturated carbocycles. The third kappa shape index (κ3) is 5.36. The lowest BCUT2D eigenvalue weighted by atomic mass is 10.1. The molecule has 0 fully saturated rings. The monoisotopic (exact) mass is 364 g/mol. The van der Waals surface area contributed by atoms with Gasteiger partial charge in [-0.3, -0.25) is 4.79 Å². The number of hydrogen-bond acceptors (Lipinski definition) is 2. The normalized spacial score (nSPS) is 11.1. The smallest absolute Gasteiger partial charge is 0.264 e. The van der Waals surface area contributed by atoms with Gasteiger partial charge in [-0.15, -0.1) is 0 Å². The maximum absolute atomic E-state index is 11.8. The molecule has 1 aromatic rings. The molecular weight excluding hydrogens is 348 g/mol. The number of halogens is 2. The molecule has 96 valence electrons. The first-order valence-corrected chi connectivity index (χ1v) is 7.35. The molecule has 0 spiro atoms. The molecule has 0 aliphatic carbocycles. The Morgan fingerprint density at radius 3 is 2.71 bits per heavy atom. The fourth-order valence-corrected chi connectivity index (χ4v) is 2.70. The van der Waals surface area contributed by atoms with E-state index in [9.17, 15) is 4.79 Å². The van der Waals surface area contributed by atoms with E-state index in [0.717, 1.165) is 24.0 Å². The van der Waals surface area contributed by atoms with E-state index in [2.05, 4.69) is 51.0 Å². The van der Waals surface area contributed by atoms with Crippen LogP contribution in [-0.2, 0) is 6.54 Å². The van der Waals surface area contributed by atoms with Gasteiger partial charge < -0.3 is 9.88 Å². The Morgan fingerprint density at radius 1 is 1.35 bits per heavy atom. The molecule has 0 atom stereocenters. The zero-order valence-electron chi connectivity index (χ0n) is 10.2. The summed E-state index contributed by atoms with van der Waals surface area (Å²) in [5.74, 6) is 0.713. The van der Waals surface area contributed by atoms with Crippen molar-refractivity contribution in [2.24, 2.45) is 5.92 Å². The Hall–Kier alpha value is -0.130. The average molecular weight is 366 g/mol. The van der Waals surface area contributed by atoms with Crippen molar-refractivity contribution < 1.29 is 0 Å². The highest BCUT2D eigenvalue weighted by atomic mass is 79.9. The van der Waals surface area contributed by atoms with Crippen LogP contribution in [0, 0.1) is 5.92 Å². The van der Waals surface area contributed by atoms with Crippen LogP contribution in [-0.4, -0.2) is 17.7 Å². The Kier molecular flexibility index (Phi) is 6.44. The average Bonchev–Trinajstić information content (AvgIpc) is 2.23. The van der Waals surface area contributed by atoms with Crippen molar-refractivity contribution >= 4 is 31.9 Å². The van der Waals surface area contributed by atoms with E-state index in [1.807, 2.05) is 6.20 Å². The van der Waals surface area contributed by atoms with Crippen LogP contribution in [0.4, 0.5) is 0 Å². The van der Waals surface area contributed by atoms with Gasteiger partial charge in [0, 0.05) is 23.8 Å². The molecule has 5 heteroatoms. The summed E-state index contributed by atoms with van der Waals surface area (Å²) >= 11 is 6.63. The molecule has 0 bridgehead atoms. The number of aromatic nitrogens is 1. The van der Waals surface area contributed by atoms with Crippen LogP contribution in [0.5, 0.6) is 0 Å². The summed E-state index contributed by atoms with van der Waals surface area (Å²) in [5, 5.41) is 3.34. The second-order valence-corrected chi connectivity index (χ2v) is 6.21. The van der Waals surface area contributed by atoms with Gasteiger partial charge in [0.15, 0.2) is 0 Å². The number of pyridine rings is 1. The van der Waals surface area contributed by atoms with Crippen LogP contribution in [0.1, 0.15) is 20.3 Å². The third-order valence-corrected chi connectivity index (χ3v) is 3.44. The van der Waals surface area contributed by atoms with Crippen LogP contribution in [0.15, 0.2) is 26.0 Å². The van der Waals surface area contributed by atoms with Crippen molar-refractivity contribution in [2.75, 3.05) is 13.1 Å². The van der Waals surface area contributed by atoms with Crippen molar-refractivity contribution in [2.45, 2.75) is 26.8 Å². The summed E-state index contributed by atoms with van der Waals surface area (Å²) in [6.07, 6.45) is 2.98. The van der Waals surface area contributed by atoms with Gasteiger partial charge in [-0.25, -0.2) is 0 Å². The highest BCUT2D eigenvalue weighted by Crippen LogP contribution is 2.12. The fraction of sp³-hybridized carbons (Fsp3) is 0.583. The van der Waals surface area contributed by atoms with Gasteiger partial charge in [0.1, 0.15) is 0 Å². The first-order chi connectivity index (χ1) is 8.00. The minimum atomic E-state index is 0.0128. The van der Waals surface area contributed by atoms with Crippen molar-refractivity contribution in [3.8, 4) is 0 Å². The second-order valence-electron chi connectivity index (χ2n) is 4.44. The zero-order valence-corrected chi connectivity index (χ0v) is 13.3. The molecule has 0 unspecified atom stereocenters. The lowest BCUT2D eigenvalue weighted by molar-refractivity contribution is 0.515. The van der Waals surface area contributed by atoms with E-state index in [0.29, 0.717) is 16.9 Å². The predicted molar refractivity (Wildman–Crippen MR) is 78.4 cm³/mol. The molecule has 0 amide bonds. The summed E-state index contributed by atoms with van der Waals surface area (Å²) in [7, 11) is 0. The maximum Gasteiger partial charge on any atom is 0.264 e. The summed E-state index contributed by atoms with van der Waals surface area (Å²) in [6, 6.07) is 1.77. The molecule has 1 rings (SSSR count). The topological polar surface area (TPSA) is 34.0 Å². The van der Waals surface area contributed by atoms with Gasteiger partial charge in [-0.05, 0) is 56.8 Å². The van der Waals surface area contributed by atoms with E-state index in [1.54, 1.807) is 10.6 Å². The van der Waals surface area contributed by atoms with Crippen molar-refractivity contribution in [3.05, 3.63) is 31.6 Å². The summed E-state index contributed by atoms with van der Waals surface area (Å²) in [6.45, 7) is 6.92. The lowest BCUT2D eigenvalue weighted by Crippen LogP contribution is -2.28. The molecular formula is C12H18Br2N2O. The largest absolute Gasteiger partial charge is 0.315 e. The molecule has 1 aromatic heterocycles. The van der Waals surface area contributed by atoms with E-state index >= 15 is 0 Å². The van der Waals surface area contributed by atoms with Gasteiger partial charge in [0.05, 0.1) is 4.47 Å². The Bertz CT molecular complexity index is 415. The molecule has 17 heavy (non-hydrogen) atoms. The molecule has 0 aliphatic heterocycles. The maximum atomic E-state index is 11.8. The van der Waals surface area contributed by atoms with Crippen LogP contribution >= 0.6 is 31.9 Å². The molecule has 3 nitrogen and oxygen atoms in total. The molecule has 1 heterocycles. The van der Waals surface area contributed by atoms with Crippen LogP contribution in [0.25, 0.3) is 0 Å². The number of nitrogens with one attached hydrogen (secondary N) is 1. The van der Waals surface area contributed by atoms with Crippen LogP contribution in [0.3, 0.4) is 0 Å². The van der Waals surface area contributed by atoms with Crippen LogP contribution < -0.4 is 10.9 Å². The quantitative estimate of drug-likeness (QED) is 0.786. The first kappa shape index (κ1) is 14.9. The minimum absolute atomic E-state index is 0.0128. The summed E-state index contributed by atoms with van der Waals surface area (Å²) < 4.78 is 3.21. The Morgan fingerprint density at radius 2 is 2.06 bits per heavy atom. The van der Waals surface area contributed by atoms with E-state index in [-0.39, 0.29) is 5.56 Å². The van der Waals surface area contributed by atoms with Gasteiger partial charge in [-0.1, -0.05) is 13.8 Å². The molecule has 1 N–H and O–H groups in total. The fourth-order valence-electron chi connectivity index (χ4n) is 1.45. The van der Waals surface area contributed by atoms with Crippen molar-refractivity contribution in [1.82, 2.24) is 9.88 Å². The third-order valence-electron chi connectivity index (χ3n) is 2.44. The van der Waals surface area contributed by atoms with Gasteiger partial charge in [0.2, 0.25) is 0 Å². The highest BCUT2D eigenvalue weighted by molar-refractivity contribution is 9.11. The van der Waals surface area contributed by atoms with Crippen LogP contribution in [0.2, 0.25) is 0 Å². The molecule has 0 aromatic carbocycles. The zero-order chi connectivity index (χ0) is 12.8. The van der Waals surface area contributed by atoms with Crippen molar-refractivity contribution in [1.29, 1.82) is 0 Å². The Balaban J connectivity index is 2.44. The van der Waals surface area contributed by atoms with Crippen molar-refractivity contribution in [3.63, 3.8) is 0 Å². The molecule has 0 radical (unpaired) electrons. The van der Waals surface area contributed by atoms with Gasteiger partial charge in [0.25, 0.3) is 5.56 Å². The summed E-state index contributed by atoms with van der Waals surface area (Å²) in [4.78, 5) is 11.8. The number of rotatable bonds is 6. The first-order valence-electron chi connectivity index (χ1n) is 5.77. The number of nitrogens with zero attached hydrogens (tertiary/aromatic N) is 1. The van der Waals surface area contributed by atoms with Gasteiger partial charge in [-0.2, -0.15) is 0 Å². The van der Waals surface area contributed by atoms with E-state index < -0.39 is 0 Å². The predicted octanol–water partition coefficient (Wildman–Crippen LogP) is 3.01. The Labute approximate surface area is 119 Å². The van der Waals surface area contributed by atoms with E-state index in [4.69, 9.17) is 0 Å². The SMILES string of the molecule is CC(C)CCNCCn1cc(Br)cc(Br)c1=O. The lowest BCUT2D eigenvalue weighted by Gasteiger charge is -2.09. The second kappa shape index (κ2) is 7.34. The number of hydrogen-bond donors (Lipinski definition) is 1. The van der Waals surface area contributed by atoms with Gasteiger partial charge >= 0.3 is 0 Å². The van der Waals surface area contributed by atoms with E-state index in [1.165, 1.54) is 0 Å². The minimum Gasteiger partial charge on any atom is -0.315 e. The standard InChI is InChI=1S/C12H18Br2N2O/c1-9(2)3-4-15-5-6-16-8-10(13)7-11(14)12(16)17/h7-9,15H,3-6H2,1-2H3. The molecule has 0 aliphatic rings. The highest BCUT2D eigenvalue weighted by Gasteiger charge is 2.02.